The molecular weight excluding hydrogens is 198 g/mol. The summed E-state index contributed by atoms with van der Waals surface area (Å²) in [5.74, 6) is -1.43. The highest BCUT2D eigenvalue weighted by Gasteiger charge is 2.08. The average molecular weight is 215 g/mol. The first-order chi connectivity index (χ1) is 7.06. The summed E-state index contributed by atoms with van der Waals surface area (Å²) in [7, 11) is 0. The summed E-state index contributed by atoms with van der Waals surface area (Å²) in [6, 6.07) is 0. The van der Waals surface area contributed by atoms with E-state index in [1.54, 1.807) is 6.08 Å². The van der Waals surface area contributed by atoms with Crippen LogP contribution in [0.1, 0.15) is 25.7 Å². The zero-order valence-electron chi connectivity index (χ0n) is 8.61. The van der Waals surface area contributed by atoms with Crippen molar-refractivity contribution in [3.05, 3.63) is 12.7 Å². The van der Waals surface area contributed by atoms with Crippen LogP contribution < -0.4 is 5.32 Å². The van der Waals surface area contributed by atoms with Crippen LogP contribution in [0.2, 0.25) is 0 Å². The third-order valence-electron chi connectivity index (χ3n) is 1.85. The molecule has 0 heterocycles. The van der Waals surface area contributed by atoms with E-state index >= 15 is 0 Å². The first kappa shape index (κ1) is 13.6. The number of nitrogens with one attached hydrogen (secondary N) is 1. The van der Waals surface area contributed by atoms with E-state index < -0.39 is 12.1 Å². The summed E-state index contributed by atoms with van der Waals surface area (Å²) in [4.78, 5) is 21.1. The first-order valence-corrected chi connectivity index (χ1v) is 4.83. The number of carboxylic acid groups (broad SMARTS) is 1. The van der Waals surface area contributed by atoms with Crippen LogP contribution in [-0.2, 0) is 9.59 Å². The molecule has 5 nitrogen and oxygen atoms in total. The summed E-state index contributed by atoms with van der Waals surface area (Å²) in [5.41, 5.74) is 0. The second-order valence-electron chi connectivity index (χ2n) is 3.23. The highest BCUT2D eigenvalue weighted by Crippen LogP contribution is 2.04. The molecular formula is C10H17NO4. The number of amides is 1. The lowest BCUT2D eigenvalue weighted by Gasteiger charge is -2.08. The van der Waals surface area contributed by atoms with E-state index in [1.807, 2.05) is 0 Å². The molecule has 0 aromatic rings. The van der Waals surface area contributed by atoms with Gasteiger partial charge >= 0.3 is 5.97 Å². The summed E-state index contributed by atoms with van der Waals surface area (Å²) in [5, 5.41) is 19.9. The first-order valence-electron chi connectivity index (χ1n) is 4.83. The number of aliphatic hydroxyl groups is 1. The molecule has 0 saturated carbocycles. The van der Waals surface area contributed by atoms with Gasteiger partial charge in [-0.25, -0.2) is 0 Å². The van der Waals surface area contributed by atoms with Crippen molar-refractivity contribution in [2.75, 3.05) is 6.54 Å². The van der Waals surface area contributed by atoms with Crippen LogP contribution in [0.25, 0.3) is 0 Å². The molecule has 0 spiro atoms. The van der Waals surface area contributed by atoms with Gasteiger partial charge in [0.1, 0.15) is 6.54 Å². The van der Waals surface area contributed by atoms with Crippen molar-refractivity contribution in [2.45, 2.75) is 31.8 Å². The van der Waals surface area contributed by atoms with Gasteiger partial charge in [0.15, 0.2) is 0 Å². The second kappa shape index (κ2) is 7.99. The lowest BCUT2D eigenvalue weighted by atomic mass is 10.1. The van der Waals surface area contributed by atoms with E-state index in [-0.39, 0.29) is 18.9 Å². The number of hydrogen-bond acceptors (Lipinski definition) is 3. The normalized spacial score (nSPS) is 11.8. The minimum Gasteiger partial charge on any atom is -0.480 e. The predicted molar refractivity (Wildman–Crippen MR) is 55.3 cm³/mol. The standard InChI is InChI=1S/C10H17NO4/c1-2-3-4-8(12)5-6-9(13)11-7-10(14)15/h2,8,12H,1,3-7H2,(H,11,13)(H,14,15). The Kier molecular flexibility index (Phi) is 7.27. The molecule has 0 rings (SSSR count). The van der Waals surface area contributed by atoms with Crippen molar-refractivity contribution < 1.29 is 19.8 Å². The molecule has 5 heteroatoms. The molecule has 0 aliphatic rings. The Bertz CT molecular complexity index is 227. The largest absolute Gasteiger partial charge is 0.480 e. The number of carboxylic acids is 1. The van der Waals surface area contributed by atoms with Crippen LogP contribution in [0.3, 0.4) is 0 Å². The zero-order chi connectivity index (χ0) is 11.7. The number of hydrogen-bond donors (Lipinski definition) is 3. The van der Waals surface area contributed by atoms with E-state index in [0.717, 1.165) is 0 Å². The summed E-state index contributed by atoms with van der Waals surface area (Å²) in [6.07, 6.45) is 2.95. The van der Waals surface area contributed by atoms with E-state index in [2.05, 4.69) is 11.9 Å². The predicted octanol–water partition coefficient (Wildman–Crippen LogP) is 0.294. The smallest absolute Gasteiger partial charge is 0.322 e. The van der Waals surface area contributed by atoms with Crippen LogP contribution in [0, 0.1) is 0 Å². The van der Waals surface area contributed by atoms with Gasteiger partial charge in [-0.05, 0) is 19.3 Å². The Morgan fingerprint density at radius 3 is 2.60 bits per heavy atom. The van der Waals surface area contributed by atoms with Gasteiger partial charge in [-0.15, -0.1) is 6.58 Å². The number of allylic oxidation sites excluding steroid dienone is 1. The molecule has 0 aromatic carbocycles. The molecule has 1 amide bonds. The second-order valence-corrected chi connectivity index (χ2v) is 3.23. The third kappa shape index (κ3) is 8.96. The summed E-state index contributed by atoms with van der Waals surface area (Å²) in [6.45, 7) is 3.15. The maximum atomic E-state index is 11.0. The molecule has 0 fully saturated rings. The molecule has 0 bridgehead atoms. The van der Waals surface area contributed by atoms with Gasteiger partial charge in [-0.3, -0.25) is 9.59 Å². The Hall–Kier alpha value is -1.36. The van der Waals surface area contributed by atoms with Crippen LogP contribution in [-0.4, -0.2) is 34.7 Å². The molecule has 0 aliphatic heterocycles. The van der Waals surface area contributed by atoms with Crippen molar-refractivity contribution in [1.82, 2.24) is 5.32 Å². The van der Waals surface area contributed by atoms with Gasteiger partial charge in [0.05, 0.1) is 6.10 Å². The lowest BCUT2D eigenvalue weighted by Crippen LogP contribution is -2.29. The van der Waals surface area contributed by atoms with E-state index in [4.69, 9.17) is 5.11 Å². The Morgan fingerprint density at radius 2 is 2.07 bits per heavy atom. The number of rotatable bonds is 8. The topological polar surface area (TPSA) is 86.6 Å². The summed E-state index contributed by atoms with van der Waals surface area (Å²) < 4.78 is 0. The Balaban J connectivity index is 3.52. The SMILES string of the molecule is C=CCCC(O)CCC(=O)NCC(=O)O. The molecule has 0 aromatic heterocycles. The molecule has 0 saturated heterocycles. The Labute approximate surface area is 88.8 Å². The Morgan fingerprint density at radius 1 is 1.40 bits per heavy atom. The monoisotopic (exact) mass is 215 g/mol. The van der Waals surface area contributed by atoms with Gasteiger partial charge in [0.2, 0.25) is 5.91 Å². The molecule has 1 atom stereocenters. The lowest BCUT2D eigenvalue weighted by molar-refractivity contribution is -0.138. The average Bonchev–Trinajstić information content (AvgIpc) is 2.20. The number of carbonyl (C=O) groups is 2. The maximum Gasteiger partial charge on any atom is 0.322 e. The van der Waals surface area contributed by atoms with Crippen LogP contribution in [0.4, 0.5) is 0 Å². The molecule has 86 valence electrons. The molecule has 0 aliphatic carbocycles. The fourth-order valence-electron chi connectivity index (χ4n) is 1.01. The van der Waals surface area contributed by atoms with Crippen molar-refractivity contribution in [1.29, 1.82) is 0 Å². The molecule has 15 heavy (non-hydrogen) atoms. The van der Waals surface area contributed by atoms with Crippen molar-refractivity contribution in [3.63, 3.8) is 0 Å². The quantitative estimate of drug-likeness (QED) is 0.508. The zero-order valence-corrected chi connectivity index (χ0v) is 8.61. The van der Waals surface area contributed by atoms with Crippen LogP contribution >= 0.6 is 0 Å². The highest BCUT2D eigenvalue weighted by molar-refractivity contribution is 5.80. The van der Waals surface area contributed by atoms with E-state index in [9.17, 15) is 14.7 Å². The number of carbonyl (C=O) groups excluding carboxylic acids is 1. The van der Waals surface area contributed by atoms with E-state index in [0.29, 0.717) is 19.3 Å². The molecule has 3 N–H and O–H groups in total. The fraction of sp³-hybridized carbons (Fsp3) is 0.600. The maximum absolute atomic E-state index is 11.0. The number of aliphatic hydroxyl groups excluding tert-OH is 1. The fourth-order valence-corrected chi connectivity index (χ4v) is 1.01. The van der Waals surface area contributed by atoms with Gasteiger partial charge in [-0.2, -0.15) is 0 Å². The van der Waals surface area contributed by atoms with Crippen molar-refractivity contribution >= 4 is 11.9 Å². The van der Waals surface area contributed by atoms with Gasteiger partial charge in [0, 0.05) is 6.42 Å². The van der Waals surface area contributed by atoms with E-state index in [1.165, 1.54) is 0 Å². The number of aliphatic carboxylic acids is 1. The van der Waals surface area contributed by atoms with Crippen LogP contribution in [0.15, 0.2) is 12.7 Å². The van der Waals surface area contributed by atoms with Gasteiger partial charge < -0.3 is 15.5 Å². The minimum atomic E-state index is -1.07. The molecule has 1 unspecified atom stereocenters. The highest BCUT2D eigenvalue weighted by atomic mass is 16.4. The minimum absolute atomic E-state index is 0.144. The third-order valence-corrected chi connectivity index (χ3v) is 1.85. The van der Waals surface area contributed by atoms with Gasteiger partial charge in [0.25, 0.3) is 0 Å². The van der Waals surface area contributed by atoms with Crippen molar-refractivity contribution in [2.24, 2.45) is 0 Å². The van der Waals surface area contributed by atoms with Crippen molar-refractivity contribution in [3.8, 4) is 0 Å². The van der Waals surface area contributed by atoms with Crippen LogP contribution in [0.5, 0.6) is 0 Å². The molecule has 0 radical (unpaired) electrons. The van der Waals surface area contributed by atoms with Gasteiger partial charge in [-0.1, -0.05) is 6.08 Å². The summed E-state index contributed by atoms with van der Waals surface area (Å²) >= 11 is 0.